The Hall–Kier alpha value is -3.42. The zero-order chi connectivity index (χ0) is 21.5. The van der Waals surface area contributed by atoms with E-state index >= 15 is 0 Å². The van der Waals surface area contributed by atoms with E-state index in [2.05, 4.69) is 10.1 Å². The van der Waals surface area contributed by atoms with E-state index in [0.29, 0.717) is 5.69 Å². The molecular formula is C22H17F4N3O. The molecule has 2 heterocycles. The second-order valence-electron chi connectivity index (χ2n) is 6.92. The molecule has 4 rings (SSSR count). The summed E-state index contributed by atoms with van der Waals surface area (Å²) in [5.41, 5.74) is 1.12. The minimum absolute atomic E-state index is 0.0229. The molecule has 0 aliphatic heterocycles. The van der Waals surface area contributed by atoms with Crippen molar-refractivity contribution < 1.29 is 22.3 Å². The van der Waals surface area contributed by atoms with Gasteiger partial charge in [-0.05, 0) is 32.0 Å². The van der Waals surface area contributed by atoms with Gasteiger partial charge in [0.25, 0.3) is 0 Å². The van der Waals surface area contributed by atoms with E-state index in [1.165, 1.54) is 29.8 Å². The predicted octanol–water partition coefficient (Wildman–Crippen LogP) is 5.77. The van der Waals surface area contributed by atoms with Gasteiger partial charge in [-0.2, -0.15) is 23.3 Å². The Labute approximate surface area is 169 Å². The van der Waals surface area contributed by atoms with Gasteiger partial charge in [0, 0.05) is 11.6 Å². The fourth-order valence-electron chi connectivity index (χ4n) is 3.20. The van der Waals surface area contributed by atoms with Gasteiger partial charge in [-0.25, -0.2) is 9.07 Å². The first-order valence-corrected chi connectivity index (χ1v) is 9.15. The van der Waals surface area contributed by atoms with Crippen LogP contribution in [0.15, 0.2) is 54.6 Å². The standard InChI is InChI=1S/C22H17F4N3O/c1-13-7-9-16(10-8-13)29-21-20(14(2)28-29)17(22(24,25)26)11-19(27-21)30-12-15-5-3-4-6-18(15)23/h3-11H,12H2,1-2H3. The van der Waals surface area contributed by atoms with E-state index in [1.54, 1.807) is 18.2 Å². The largest absolute Gasteiger partial charge is 0.473 e. The molecular weight excluding hydrogens is 398 g/mol. The van der Waals surface area contributed by atoms with Crippen molar-refractivity contribution in [1.82, 2.24) is 14.8 Å². The highest BCUT2D eigenvalue weighted by molar-refractivity contribution is 5.84. The van der Waals surface area contributed by atoms with E-state index < -0.39 is 17.6 Å². The second kappa shape index (κ2) is 7.44. The van der Waals surface area contributed by atoms with Crippen LogP contribution in [0.5, 0.6) is 5.88 Å². The third-order valence-corrected chi connectivity index (χ3v) is 4.71. The molecule has 0 N–H and O–H groups in total. The van der Waals surface area contributed by atoms with Crippen LogP contribution in [0.25, 0.3) is 16.7 Å². The molecule has 2 aromatic carbocycles. The summed E-state index contributed by atoms with van der Waals surface area (Å²) < 4.78 is 62.0. The van der Waals surface area contributed by atoms with E-state index in [0.717, 1.165) is 11.6 Å². The van der Waals surface area contributed by atoms with Crippen LogP contribution in [0.4, 0.5) is 17.6 Å². The number of benzene rings is 2. The highest BCUT2D eigenvalue weighted by Crippen LogP contribution is 2.38. The molecule has 0 spiro atoms. The van der Waals surface area contributed by atoms with Crippen LogP contribution in [0.2, 0.25) is 0 Å². The Morgan fingerprint density at radius 2 is 1.70 bits per heavy atom. The third kappa shape index (κ3) is 3.72. The van der Waals surface area contributed by atoms with E-state index in [-0.39, 0.29) is 34.8 Å². The maximum Gasteiger partial charge on any atom is 0.417 e. The first kappa shape index (κ1) is 19.9. The van der Waals surface area contributed by atoms with Gasteiger partial charge in [0.1, 0.15) is 12.4 Å². The van der Waals surface area contributed by atoms with Gasteiger partial charge >= 0.3 is 6.18 Å². The molecule has 2 aromatic heterocycles. The van der Waals surface area contributed by atoms with Crippen LogP contribution >= 0.6 is 0 Å². The van der Waals surface area contributed by atoms with Crippen LogP contribution in [0, 0.1) is 19.7 Å². The van der Waals surface area contributed by atoms with Crippen LogP contribution in [0.1, 0.15) is 22.4 Å². The number of alkyl halides is 3. The molecule has 0 fully saturated rings. The average Bonchev–Trinajstić information content (AvgIpc) is 3.03. The summed E-state index contributed by atoms with van der Waals surface area (Å²) in [5.74, 6) is -0.762. The average molecular weight is 415 g/mol. The first-order chi connectivity index (χ1) is 14.2. The third-order valence-electron chi connectivity index (χ3n) is 4.71. The Bertz CT molecular complexity index is 1210. The topological polar surface area (TPSA) is 39.9 Å². The number of hydrogen-bond donors (Lipinski definition) is 0. The molecule has 0 saturated carbocycles. The summed E-state index contributed by atoms with van der Waals surface area (Å²) in [5, 5.41) is 4.18. The van der Waals surface area contributed by atoms with Crippen LogP contribution in [-0.4, -0.2) is 14.8 Å². The number of nitrogens with zero attached hydrogens (tertiary/aromatic N) is 3. The summed E-state index contributed by atoms with van der Waals surface area (Å²) in [7, 11) is 0. The number of fused-ring (bicyclic) bond motifs is 1. The molecule has 30 heavy (non-hydrogen) atoms. The number of aromatic nitrogens is 3. The lowest BCUT2D eigenvalue weighted by molar-refractivity contribution is -0.136. The summed E-state index contributed by atoms with van der Waals surface area (Å²) in [6.07, 6.45) is -4.64. The SMILES string of the molecule is Cc1ccc(-n2nc(C)c3c(C(F)(F)F)cc(OCc4ccccc4F)nc32)cc1. The van der Waals surface area contributed by atoms with Crippen molar-refractivity contribution in [2.24, 2.45) is 0 Å². The van der Waals surface area contributed by atoms with Gasteiger partial charge in [0.2, 0.25) is 5.88 Å². The van der Waals surface area contributed by atoms with Gasteiger partial charge in [-0.15, -0.1) is 0 Å². The van der Waals surface area contributed by atoms with Gasteiger partial charge in [0.15, 0.2) is 5.65 Å². The minimum Gasteiger partial charge on any atom is -0.473 e. The molecule has 4 nitrogen and oxygen atoms in total. The number of pyridine rings is 1. The van der Waals surface area contributed by atoms with Crippen molar-refractivity contribution in [3.63, 3.8) is 0 Å². The van der Waals surface area contributed by atoms with Gasteiger partial charge in [0.05, 0.1) is 22.3 Å². The highest BCUT2D eigenvalue weighted by Gasteiger charge is 2.36. The first-order valence-electron chi connectivity index (χ1n) is 9.15. The monoisotopic (exact) mass is 415 g/mol. The highest BCUT2D eigenvalue weighted by atomic mass is 19.4. The molecule has 0 radical (unpaired) electrons. The zero-order valence-corrected chi connectivity index (χ0v) is 16.2. The Morgan fingerprint density at radius 3 is 2.37 bits per heavy atom. The fourth-order valence-corrected chi connectivity index (χ4v) is 3.20. The molecule has 8 heteroatoms. The lowest BCUT2D eigenvalue weighted by Crippen LogP contribution is -2.09. The van der Waals surface area contributed by atoms with Gasteiger partial charge in [-0.1, -0.05) is 35.9 Å². The summed E-state index contributed by atoms with van der Waals surface area (Å²) >= 11 is 0. The summed E-state index contributed by atoms with van der Waals surface area (Å²) in [6.45, 7) is 3.16. The number of aryl methyl sites for hydroxylation is 2. The molecule has 0 bridgehead atoms. The number of rotatable bonds is 4. The molecule has 4 aromatic rings. The molecule has 154 valence electrons. The maximum absolute atomic E-state index is 13.8. The van der Waals surface area contributed by atoms with Crippen LogP contribution in [0.3, 0.4) is 0 Å². The summed E-state index contributed by atoms with van der Waals surface area (Å²) in [6, 6.07) is 13.9. The molecule has 0 saturated heterocycles. The van der Waals surface area contributed by atoms with Gasteiger partial charge < -0.3 is 4.74 Å². The lowest BCUT2D eigenvalue weighted by Gasteiger charge is -2.12. The second-order valence-corrected chi connectivity index (χ2v) is 6.92. The van der Waals surface area contributed by atoms with E-state index in [4.69, 9.17) is 4.74 Å². The van der Waals surface area contributed by atoms with E-state index in [1.807, 2.05) is 19.1 Å². The van der Waals surface area contributed by atoms with Gasteiger partial charge in [-0.3, -0.25) is 0 Å². The van der Waals surface area contributed by atoms with Crippen molar-refractivity contribution in [1.29, 1.82) is 0 Å². The lowest BCUT2D eigenvalue weighted by atomic mass is 10.1. The smallest absolute Gasteiger partial charge is 0.417 e. The van der Waals surface area contributed by atoms with Crippen molar-refractivity contribution in [2.75, 3.05) is 0 Å². The van der Waals surface area contributed by atoms with Crippen LogP contribution in [-0.2, 0) is 12.8 Å². The number of hydrogen-bond acceptors (Lipinski definition) is 3. The predicted molar refractivity (Wildman–Crippen MR) is 104 cm³/mol. The van der Waals surface area contributed by atoms with Crippen molar-refractivity contribution in [3.05, 3.63) is 82.8 Å². The molecule has 0 amide bonds. The van der Waals surface area contributed by atoms with Crippen LogP contribution < -0.4 is 4.74 Å². The summed E-state index contributed by atoms with van der Waals surface area (Å²) in [4.78, 5) is 4.27. The Balaban J connectivity index is 1.84. The number of halogens is 4. The van der Waals surface area contributed by atoms with Crippen molar-refractivity contribution >= 4 is 11.0 Å². The van der Waals surface area contributed by atoms with Crippen molar-refractivity contribution in [2.45, 2.75) is 26.6 Å². The Morgan fingerprint density at radius 1 is 1.00 bits per heavy atom. The molecule has 0 aliphatic rings. The molecule has 0 unspecified atom stereocenters. The molecule has 0 atom stereocenters. The number of ether oxygens (including phenoxy) is 1. The quantitative estimate of drug-likeness (QED) is 0.397. The normalized spacial score (nSPS) is 11.8. The van der Waals surface area contributed by atoms with E-state index in [9.17, 15) is 17.6 Å². The minimum atomic E-state index is -4.64. The maximum atomic E-state index is 13.8. The van der Waals surface area contributed by atoms with Crippen molar-refractivity contribution in [3.8, 4) is 11.6 Å². The molecule has 0 aliphatic carbocycles. The Kier molecular flexibility index (Phi) is 4.93. The fraction of sp³-hybridized carbons (Fsp3) is 0.182. The zero-order valence-electron chi connectivity index (χ0n) is 16.2.